The molecule has 3 nitrogen and oxygen atoms in total. The number of alkyl halides is 1. The highest BCUT2D eigenvalue weighted by molar-refractivity contribution is 6.27. The summed E-state index contributed by atoms with van der Waals surface area (Å²) in [5.41, 5.74) is 0. The average Bonchev–Trinajstić information content (AvgIpc) is 2.25. The molecule has 0 aromatic rings. The topological polar surface area (TPSA) is 32.3 Å². The van der Waals surface area contributed by atoms with Crippen LogP contribution < -0.4 is 5.32 Å². The Bertz CT molecular complexity index is 170. The lowest BCUT2D eigenvalue weighted by molar-refractivity contribution is -0.118. The van der Waals surface area contributed by atoms with E-state index in [1.54, 1.807) is 0 Å². The molecule has 1 heterocycles. The van der Waals surface area contributed by atoms with Gasteiger partial charge in [0.15, 0.2) is 0 Å². The molecule has 1 saturated heterocycles. The van der Waals surface area contributed by atoms with Crippen molar-refractivity contribution < 1.29 is 4.79 Å². The molecule has 1 aliphatic rings. The van der Waals surface area contributed by atoms with Crippen LogP contribution in [-0.4, -0.2) is 42.9 Å². The minimum Gasteiger partial charge on any atom is -0.355 e. The van der Waals surface area contributed by atoms with E-state index in [-0.39, 0.29) is 11.8 Å². The summed E-state index contributed by atoms with van der Waals surface area (Å²) >= 11 is 5.36. The standard InChI is InChI=1S/C10H19ClN2O/c11-9-10(14)12-5-4-8-13-6-2-1-3-7-13/h1-9H2,(H,12,14). The van der Waals surface area contributed by atoms with E-state index in [9.17, 15) is 4.79 Å². The van der Waals surface area contributed by atoms with Gasteiger partial charge < -0.3 is 10.2 Å². The lowest BCUT2D eigenvalue weighted by atomic mass is 10.1. The maximum Gasteiger partial charge on any atom is 0.234 e. The molecule has 0 saturated carbocycles. The van der Waals surface area contributed by atoms with Gasteiger partial charge in [0, 0.05) is 6.54 Å². The number of likely N-dealkylation sites (tertiary alicyclic amines) is 1. The number of halogens is 1. The third-order valence-corrected chi connectivity index (χ3v) is 2.79. The lowest BCUT2D eigenvalue weighted by Gasteiger charge is -2.26. The summed E-state index contributed by atoms with van der Waals surface area (Å²) < 4.78 is 0. The fraction of sp³-hybridized carbons (Fsp3) is 0.900. The quantitative estimate of drug-likeness (QED) is 0.556. The van der Waals surface area contributed by atoms with Crippen LogP contribution in [-0.2, 0) is 4.79 Å². The van der Waals surface area contributed by atoms with E-state index in [4.69, 9.17) is 11.6 Å². The second-order valence-corrected chi connectivity index (χ2v) is 4.01. The first kappa shape index (κ1) is 11.8. The molecule has 1 fully saturated rings. The molecule has 0 spiro atoms. The van der Waals surface area contributed by atoms with Gasteiger partial charge in [-0.25, -0.2) is 0 Å². The van der Waals surface area contributed by atoms with Crippen LogP contribution in [0.15, 0.2) is 0 Å². The second-order valence-electron chi connectivity index (χ2n) is 3.74. The Kier molecular flexibility index (Phi) is 5.96. The number of carbonyl (C=O) groups excluding carboxylic acids is 1. The molecule has 0 radical (unpaired) electrons. The zero-order valence-corrected chi connectivity index (χ0v) is 9.35. The van der Waals surface area contributed by atoms with Crippen molar-refractivity contribution in [3.05, 3.63) is 0 Å². The zero-order chi connectivity index (χ0) is 10.2. The summed E-state index contributed by atoms with van der Waals surface area (Å²) in [5.74, 6) is 0.00860. The molecule has 1 N–H and O–H groups in total. The highest BCUT2D eigenvalue weighted by Crippen LogP contribution is 2.08. The van der Waals surface area contributed by atoms with Crippen LogP contribution in [0.3, 0.4) is 0 Å². The molecule has 4 heteroatoms. The second kappa shape index (κ2) is 7.07. The molecule has 1 aliphatic heterocycles. The largest absolute Gasteiger partial charge is 0.355 e. The molecule has 0 aromatic heterocycles. The summed E-state index contributed by atoms with van der Waals surface area (Å²) in [6.07, 6.45) is 5.06. The van der Waals surface area contributed by atoms with Gasteiger partial charge in [-0.15, -0.1) is 11.6 Å². The number of nitrogens with zero attached hydrogens (tertiary/aromatic N) is 1. The van der Waals surface area contributed by atoms with Gasteiger partial charge in [0.25, 0.3) is 0 Å². The molecule has 0 bridgehead atoms. The number of carbonyl (C=O) groups is 1. The van der Waals surface area contributed by atoms with E-state index in [1.165, 1.54) is 32.4 Å². The Hall–Kier alpha value is -0.280. The minimum absolute atomic E-state index is 0.0645. The molecular weight excluding hydrogens is 200 g/mol. The van der Waals surface area contributed by atoms with Crippen molar-refractivity contribution >= 4 is 17.5 Å². The van der Waals surface area contributed by atoms with Gasteiger partial charge in [-0.1, -0.05) is 6.42 Å². The van der Waals surface area contributed by atoms with Gasteiger partial charge >= 0.3 is 0 Å². The van der Waals surface area contributed by atoms with Gasteiger partial charge in [-0.05, 0) is 38.9 Å². The number of hydrogen-bond acceptors (Lipinski definition) is 2. The summed E-state index contributed by atoms with van der Waals surface area (Å²) in [6, 6.07) is 0. The van der Waals surface area contributed by atoms with Crippen molar-refractivity contribution in [3.63, 3.8) is 0 Å². The van der Waals surface area contributed by atoms with E-state index in [2.05, 4.69) is 10.2 Å². The van der Waals surface area contributed by atoms with E-state index >= 15 is 0 Å². The van der Waals surface area contributed by atoms with Crippen molar-refractivity contribution in [1.29, 1.82) is 0 Å². The van der Waals surface area contributed by atoms with Crippen molar-refractivity contribution in [2.45, 2.75) is 25.7 Å². The number of hydrogen-bond donors (Lipinski definition) is 1. The van der Waals surface area contributed by atoms with Crippen LogP contribution in [0.2, 0.25) is 0 Å². The molecule has 82 valence electrons. The Morgan fingerprint density at radius 3 is 2.64 bits per heavy atom. The Labute approximate surface area is 90.8 Å². The van der Waals surface area contributed by atoms with Crippen molar-refractivity contribution in [2.24, 2.45) is 0 Å². The summed E-state index contributed by atoms with van der Waals surface area (Å²) in [5, 5.41) is 2.77. The smallest absolute Gasteiger partial charge is 0.234 e. The number of rotatable bonds is 5. The maximum absolute atomic E-state index is 10.8. The van der Waals surface area contributed by atoms with Crippen LogP contribution in [0.5, 0.6) is 0 Å². The highest BCUT2D eigenvalue weighted by Gasteiger charge is 2.08. The first-order valence-electron chi connectivity index (χ1n) is 5.38. The van der Waals surface area contributed by atoms with Crippen molar-refractivity contribution in [2.75, 3.05) is 32.1 Å². The molecule has 14 heavy (non-hydrogen) atoms. The summed E-state index contributed by atoms with van der Waals surface area (Å²) in [6.45, 7) is 4.30. The first-order valence-corrected chi connectivity index (χ1v) is 5.91. The van der Waals surface area contributed by atoms with Gasteiger partial charge in [-0.3, -0.25) is 4.79 Å². The summed E-state index contributed by atoms with van der Waals surface area (Å²) in [7, 11) is 0. The van der Waals surface area contributed by atoms with Crippen LogP contribution in [0.25, 0.3) is 0 Å². The van der Waals surface area contributed by atoms with E-state index < -0.39 is 0 Å². The number of piperidine rings is 1. The van der Waals surface area contributed by atoms with E-state index in [1.807, 2.05) is 0 Å². The van der Waals surface area contributed by atoms with E-state index in [0.29, 0.717) is 0 Å². The molecular formula is C10H19ClN2O. The van der Waals surface area contributed by atoms with Gasteiger partial charge in [0.2, 0.25) is 5.91 Å². The zero-order valence-electron chi connectivity index (χ0n) is 8.60. The summed E-state index contributed by atoms with van der Waals surface area (Å²) in [4.78, 5) is 13.3. The maximum atomic E-state index is 10.8. The van der Waals surface area contributed by atoms with Crippen molar-refractivity contribution in [1.82, 2.24) is 10.2 Å². The number of amides is 1. The Morgan fingerprint density at radius 1 is 1.29 bits per heavy atom. The fourth-order valence-corrected chi connectivity index (χ4v) is 1.86. The predicted molar refractivity (Wildman–Crippen MR) is 58.6 cm³/mol. The van der Waals surface area contributed by atoms with Crippen LogP contribution >= 0.6 is 11.6 Å². The van der Waals surface area contributed by atoms with E-state index in [0.717, 1.165) is 19.5 Å². The molecule has 1 rings (SSSR count). The van der Waals surface area contributed by atoms with Gasteiger partial charge in [0.1, 0.15) is 5.88 Å². The van der Waals surface area contributed by atoms with Crippen LogP contribution in [0, 0.1) is 0 Å². The average molecular weight is 219 g/mol. The molecule has 1 amide bonds. The highest BCUT2D eigenvalue weighted by atomic mass is 35.5. The molecule has 0 aliphatic carbocycles. The fourth-order valence-electron chi connectivity index (χ4n) is 1.76. The van der Waals surface area contributed by atoms with Crippen LogP contribution in [0.4, 0.5) is 0 Å². The SMILES string of the molecule is O=C(CCl)NCCCN1CCCCC1. The Morgan fingerprint density at radius 2 is 2.00 bits per heavy atom. The monoisotopic (exact) mass is 218 g/mol. The normalized spacial score (nSPS) is 18.1. The third kappa shape index (κ3) is 4.82. The molecule has 0 atom stereocenters. The van der Waals surface area contributed by atoms with Crippen molar-refractivity contribution in [3.8, 4) is 0 Å². The predicted octanol–water partition coefficient (Wildman–Crippen LogP) is 1.22. The minimum atomic E-state index is -0.0645. The van der Waals surface area contributed by atoms with Crippen LogP contribution in [0.1, 0.15) is 25.7 Å². The molecule has 0 unspecified atom stereocenters. The third-order valence-electron chi connectivity index (χ3n) is 2.54. The molecule has 0 aromatic carbocycles. The lowest BCUT2D eigenvalue weighted by Crippen LogP contribution is -2.33. The number of nitrogens with one attached hydrogen (secondary N) is 1. The Balaban J connectivity index is 1.94. The van der Waals surface area contributed by atoms with Gasteiger partial charge in [-0.2, -0.15) is 0 Å². The van der Waals surface area contributed by atoms with Gasteiger partial charge in [0.05, 0.1) is 0 Å². The first-order chi connectivity index (χ1) is 6.83.